The van der Waals surface area contributed by atoms with E-state index in [0.29, 0.717) is 13.2 Å². The number of rotatable bonds is 4. The first-order valence-electron chi connectivity index (χ1n) is 10.5. The number of hydrogen-bond donors (Lipinski definition) is 1. The first-order valence-corrected chi connectivity index (χ1v) is 11.3. The molecule has 8 nitrogen and oxygen atoms in total. The lowest BCUT2D eigenvalue weighted by Crippen LogP contribution is -2.37. The van der Waals surface area contributed by atoms with Gasteiger partial charge < -0.3 is 9.64 Å². The van der Waals surface area contributed by atoms with Crippen LogP contribution >= 0.6 is 11.3 Å². The smallest absolute Gasteiger partial charge is 0.204 e. The van der Waals surface area contributed by atoms with Crippen LogP contribution < -0.4 is 10.3 Å². The van der Waals surface area contributed by atoms with Crippen molar-refractivity contribution >= 4 is 55.3 Å². The quantitative estimate of drug-likeness (QED) is 0.333. The molecule has 3 aromatic heterocycles. The molecule has 0 amide bonds. The number of hydrogen-bond acceptors (Lipinski definition) is 8. The highest BCUT2D eigenvalue weighted by molar-refractivity contribution is 7.22. The number of morpholine rings is 1. The molecule has 32 heavy (non-hydrogen) atoms. The number of aromatic nitrogens is 4. The lowest BCUT2D eigenvalue weighted by Gasteiger charge is -2.28. The fraction of sp³-hybridized carbons (Fsp3) is 0.217. The van der Waals surface area contributed by atoms with Crippen LogP contribution in [0, 0.1) is 6.92 Å². The van der Waals surface area contributed by atoms with Crippen LogP contribution in [0.3, 0.4) is 0 Å². The minimum Gasteiger partial charge on any atom is -0.378 e. The maximum Gasteiger partial charge on any atom is 0.204 e. The minimum atomic E-state index is 0.708. The molecule has 5 aromatic rings. The average molecular weight is 444 g/mol. The number of thiazole rings is 1. The lowest BCUT2D eigenvalue weighted by molar-refractivity contribution is 0.122. The maximum absolute atomic E-state index is 5.54. The van der Waals surface area contributed by atoms with Crippen molar-refractivity contribution in [3.05, 3.63) is 59.8 Å². The highest BCUT2D eigenvalue weighted by atomic mass is 32.1. The molecule has 2 aromatic carbocycles. The monoisotopic (exact) mass is 443 g/mol. The van der Waals surface area contributed by atoms with Gasteiger partial charge in [-0.25, -0.2) is 14.5 Å². The Morgan fingerprint density at radius 3 is 2.75 bits per heavy atom. The molecule has 1 aliphatic rings. The molecule has 0 aliphatic carbocycles. The van der Waals surface area contributed by atoms with E-state index in [4.69, 9.17) is 14.8 Å². The van der Waals surface area contributed by atoms with Crippen LogP contribution in [0.5, 0.6) is 0 Å². The van der Waals surface area contributed by atoms with Crippen LogP contribution in [0.2, 0.25) is 0 Å². The third kappa shape index (κ3) is 3.26. The number of aryl methyl sites for hydroxylation is 1. The Labute approximate surface area is 188 Å². The number of fused-ring (bicyclic) bond motifs is 4. The molecule has 0 spiro atoms. The summed E-state index contributed by atoms with van der Waals surface area (Å²) in [5, 5.41) is 11.1. The van der Waals surface area contributed by atoms with Gasteiger partial charge in [-0.1, -0.05) is 35.6 Å². The van der Waals surface area contributed by atoms with Crippen LogP contribution in [0.15, 0.2) is 53.6 Å². The summed E-state index contributed by atoms with van der Waals surface area (Å²) in [4.78, 5) is 11.9. The van der Waals surface area contributed by atoms with E-state index in [1.165, 1.54) is 0 Å². The number of anilines is 2. The molecule has 0 bridgehead atoms. The number of ether oxygens (including phenoxy) is 1. The zero-order chi connectivity index (χ0) is 21.5. The summed E-state index contributed by atoms with van der Waals surface area (Å²) in [5.41, 5.74) is 7.61. The van der Waals surface area contributed by atoms with Gasteiger partial charge in [-0.3, -0.25) is 5.43 Å². The van der Waals surface area contributed by atoms with Crippen molar-refractivity contribution < 1.29 is 4.74 Å². The first kappa shape index (κ1) is 19.1. The molecule has 0 unspecified atom stereocenters. The Balaban J connectivity index is 1.41. The van der Waals surface area contributed by atoms with E-state index in [9.17, 15) is 0 Å². The van der Waals surface area contributed by atoms with Crippen molar-refractivity contribution in [2.75, 3.05) is 36.6 Å². The van der Waals surface area contributed by atoms with Gasteiger partial charge >= 0.3 is 0 Å². The van der Waals surface area contributed by atoms with E-state index < -0.39 is 0 Å². The Hall–Kier alpha value is -3.56. The largest absolute Gasteiger partial charge is 0.378 e. The van der Waals surface area contributed by atoms with Crippen molar-refractivity contribution in [3.63, 3.8) is 0 Å². The minimum absolute atomic E-state index is 0.708. The van der Waals surface area contributed by atoms with Gasteiger partial charge in [0.1, 0.15) is 5.82 Å². The Kier molecular flexibility index (Phi) is 4.70. The van der Waals surface area contributed by atoms with Gasteiger partial charge in [0.2, 0.25) is 5.13 Å². The summed E-state index contributed by atoms with van der Waals surface area (Å²) >= 11 is 1.57. The number of benzene rings is 2. The number of hydrazone groups is 1. The molecular formula is C23H21N7OS. The van der Waals surface area contributed by atoms with E-state index in [0.717, 1.165) is 62.1 Å². The first-order chi connectivity index (χ1) is 15.8. The Morgan fingerprint density at radius 1 is 1.06 bits per heavy atom. The maximum atomic E-state index is 5.54. The van der Waals surface area contributed by atoms with Crippen molar-refractivity contribution in [1.82, 2.24) is 19.6 Å². The van der Waals surface area contributed by atoms with Gasteiger partial charge in [0.25, 0.3) is 0 Å². The van der Waals surface area contributed by atoms with Crippen LogP contribution in [0.1, 0.15) is 11.3 Å². The van der Waals surface area contributed by atoms with Gasteiger partial charge in [-0.15, -0.1) is 0 Å². The fourth-order valence-electron chi connectivity index (χ4n) is 4.05. The van der Waals surface area contributed by atoms with Gasteiger partial charge in [0, 0.05) is 18.5 Å². The molecular weight excluding hydrogens is 422 g/mol. The summed E-state index contributed by atoms with van der Waals surface area (Å²) in [6.45, 7) is 5.04. The summed E-state index contributed by atoms with van der Waals surface area (Å²) in [7, 11) is 0. The second kappa shape index (κ2) is 7.85. The van der Waals surface area contributed by atoms with Crippen LogP contribution in [-0.2, 0) is 4.74 Å². The second-order valence-electron chi connectivity index (χ2n) is 7.64. The number of nitrogens with zero attached hydrogens (tertiary/aromatic N) is 6. The molecule has 4 heterocycles. The average Bonchev–Trinajstić information content (AvgIpc) is 3.39. The molecule has 0 atom stereocenters. The molecule has 1 N–H and O–H groups in total. The highest BCUT2D eigenvalue weighted by Crippen LogP contribution is 2.29. The van der Waals surface area contributed by atoms with E-state index in [1.807, 2.05) is 41.8 Å². The fourth-order valence-corrected chi connectivity index (χ4v) is 4.87. The normalized spacial score (nSPS) is 14.8. The molecule has 1 fully saturated rings. The number of nitrogens with one attached hydrogen (secondary N) is 1. The van der Waals surface area contributed by atoms with Crippen molar-refractivity contribution in [3.8, 4) is 0 Å². The van der Waals surface area contributed by atoms with Crippen molar-refractivity contribution in [1.29, 1.82) is 0 Å². The Bertz CT molecular complexity index is 1430. The standard InChI is InChI=1S/C23H21N7OS/c1-15-17(14-24-27-23-25-18-7-3-5-9-20(18)32-23)22-26-21(29-10-12-31-13-11-29)16-6-2-4-8-19(16)30(22)28-15/h2-9,14H,10-13H2,1H3,(H,25,27)/b24-14+. The molecule has 6 rings (SSSR count). The highest BCUT2D eigenvalue weighted by Gasteiger charge is 2.20. The van der Waals surface area contributed by atoms with Gasteiger partial charge in [-0.2, -0.15) is 10.2 Å². The molecule has 1 saturated heterocycles. The van der Waals surface area contributed by atoms with Crippen molar-refractivity contribution in [2.24, 2.45) is 5.10 Å². The van der Waals surface area contributed by atoms with Crippen LogP contribution in [0.4, 0.5) is 10.9 Å². The van der Waals surface area contributed by atoms with Gasteiger partial charge in [-0.05, 0) is 31.2 Å². The second-order valence-corrected chi connectivity index (χ2v) is 8.67. The molecule has 0 saturated carbocycles. The van der Waals surface area contributed by atoms with Gasteiger partial charge in [0.15, 0.2) is 5.65 Å². The summed E-state index contributed by atoms with van der Waals surface area (Å²) in [5.74, 6) is 0.963. The Morgan fingerprint density at radius 2 is 1.88 bits per heavy atom. The zero-order valence-electron chi connectivity index (χ0n) is 17.5. The molecule has 0 radical (unpaired) electrons. The summed E-state index contributed by atoms with van der Waals surface area (Å²) in [6, 6.07) is 16.3. The lowest BCUT2D eigenvalue weighted by atomic mass is 10.2. The SMILES string of the molecule is Cc1nn2c(nc(N3CCOCC3)c3ccccc32)c1/C=N/Nc1nc2ccccc2s1. The van der Waals surface area contributed by atoms with Crippen molar-refractivity contribution in [2.45, 2.75) is 6.92 Å². The number of para-hydroxylation sites is 2. The van der Waals surface area contributed by atoms with Crippen LogP contribution in [-0.4, -0.2) is 52.1 Å². The third-order valence-electron chi connectivity index (χ3n) is 5.62. The van der Waals surface area contributed by atoms with E-state index in [2.05, 4.69) is 38.6 Å². The predicted molar refractivity (Wildman–Crippen MR) is 129 cm³/mol. The summed E-state index contributed by atoms with van der Waals surface area (Å²) < 4.78 is 8.58. The zero-order valence-corrected chi connectivity index (χ0v) is 18.3. The molecule has 9 heteroatoms. The van der Waals surface area contributed by atoms with E-state index in [-0.39, 0.29) is 0 Å². The topological polar surface area (TPSA) is 79.9 Å². The predicted octanol–water partition coefficient (Wildman–Crippen LogP) is 4.08. The third-order valence-corrected chi connectivity index (χ3v) is 6.57. The van der Waals surface area contributed by atoms with E-state index in [1.54, 1.807) is 17.6 Å². The van der Waals surface area contributed by atoms with Crippen LogP contribution in [0.25, 0.3) is 26.8 Å². The molecule has 1 aliphatic heterocycles. The summed E-state index contributed by atoms with van der Waals surface area (Å²) in [6.07, 6.45) is 1.79. The molecule has 160 valence electrons. The van der Waals surface area contributed by atoms with E-state index >= 15 is 0 Å². The van der Waals surface area contributed by atoms with Gasteiger partial charge in [0.05, 0.1) is 46.4 Å².